The third-order valence-electron chi connectivity index (χ3n) is 10.7. The lowest BCUT2D eigenvalue weighted by atomic mass is 10.0. The summed E-state index contributed by atoms with van der Waals surface area (Å²) in [7, 11) is 0. The molecule has 268 valence electrons. The lowest BCUT2D eigenvalue weighted by molar-refractivity contribution is 0.669. The van der Waals surface area contributed by atoms with Crippen molar-refractivity contribution in [1.29, 1.82) is 0 Å². The van der Waals surface area contributed by atoms with Gasteiger partial charge in [0.15, 0.2) is 5.82 Å². The average Bonchev–Trinajstić information content (AvgIpc) is 3.86. The first-order valence-corrected chi connectivity index (χ1v) is 19.9. The van der Waals surface area contributed by atoms with E-state index >= 15 is 0 Å². The predicted molar refractivity (Wildman–Crippen MR) is 239 cm³/mol. The maximum atomic E-state index is 6.71. The van der Waals surface area contributed by atoms with Crippen molar-refractivity contribution in [2.75, 3.05) is 4.90 Å². The molecule has 0 aliphatic heterocycles. The third-order valence-corrected chi connectivity index (χ3v) is 11.9. The lowest BCUT2D eigenvalue weighted by Gasteiger charge is -2.26. The molecule has 0 saturated carbocycles. The van der Waals surface area contributed by atoms with Crippen molar-refractivity contribution in [3.05, 3.63) is 200 Å². The minimum absolute atomic E-state index is 0.681. The molecule has 0 fully saturated rings. The first kappa shape index (κ1) is 33.0. The Labute approximate surface area is 333 Å². The first-order chi connectivity index (χ1) is 28.2. The summed E-state index contributed by atoms with van der Waals surface area (Å²) < 4.78 is 9.00. The molecule has 0 radical (unpaired) electrons. The van der Waals surface area contributed by atoms with Gasteiger partial charge in [0, 0.05) is 55.1 Å². The molecule has 0 aliphatic carbocycles. The summed E-state index contributed by atoms with van der Waals surface area (Å²) in [5, 5.41) is 3.16. The zero-order chi connectivity index (χ0) is 37.7. The molecule has 0 atom stereocenters. The second kappa shape index (κ2) is 13.7. The Hall–Kier alpha value is -7.34. The van der Waals surface area contributed by atoms with Gasteiger partial charge in [0.1, 0.15) is 11.2 Å². The van der Waals surface area contributed by atoms with E-state index in [-0.39, 0.29) is 0 Å². The second-order valence-electron chi connectivity index (χ2n) is 14.2. The van der Waals surface area contributed by atoms with E-state index in [2.05, 4.69) is 187 Å². The molecule has 3 heterocycles. The van der Waals surface area contributed by atoms with Crippen LogP contribution in [0, 0.1) is 0 Å². The zero-order valence-electron chi connectivity index (χ0n) is 30.7. The van der Waals surface area contributed by atoms with Crippen molar-refractivity contribution < 1.29 is 4.42 Å². The largest absolute Gasteiger partial charge is 0.456 e. The Morgan fingerprint density at radius 2 is 0.982 bits per heavy atom. The molecule has 0 bridgehead atoms. The van der Waals surface area contributed by atoms with Crippen molar-refractivity contribution in [3.8, 4) is 44.9 Å². The summed E-state index contributed by atoms with van der Waals surface area (Å²) in [5.74, 6) is 0.681. The number of aromatic nitrogens is 2. The van der Waals surface area contributed by atoms with Gasteiger partial charge in [-0.3, -0.25) is 0 Å². The van der Waals surface area contributed by atoms with Crippen LogP contribution in [-0.4, -0.2) is 9.97 Å². The molecule has 0 spiro atoms. The van der Waals surface area contributed by atoms with Gasteiger partial charge in [0.25, 0.3) is 0 Å². The molecule has 11 aromatic rings. The number of benzene rings is 8. The fraction of sp³-hybridized carbons (Fsp3) is 0. The van der Waals surface area contributed by atoms with Crippen LogP contribution in [0.1, 0.15) is 0 Å². The fourth-order valence-electron chi connectivity index (χ4n) is 7.96. The lowest BCUT2D eigenvalue weighted by Crippen LogP contribution is -2.09. The van der Waals surface area contributed by atoms with E-state index in [1.807, 2.05) is 18.2 Å². The van der Waals surface area contributed by atoms with E-state index in [4.69, 9.17) is 14.4 Å². The summed E-state index contributed by atoms with van der Waals surface area (Å²) in [6.07, 6.45) is 0. The topological polar surface area (TPSA) is 42.2 Å². The van der Waals surface area contributed by atoms with Crippen LogP contribution in [0.5, 0.6) is 0 Å². The van der Waals surface area contributed by atoms with E-state index in [0.29, 0.717) is 5.82 Å². The molecule has 0 amide bonds. The van der Waals surface area contributed by atoms with Gasteiger partial charge in [-0.2, -0.15) is 0 Å². The molecule has 0 saturated heterocycles. The molecule has 57 heavy (non-hydrogen) atoms. The summed E-state index contributed by atoms with van der Waals surface area (Å²) in [6, 6.07) is 70.2. The molecule has 5 heteroatoms. The minimum Gasteiger partial charge on any atom is -0.456 e. The Bertz CT molecular complexity index is 3130. The van der Waals surface area contributed by atoms with Crippen LogP contribution in [-0.2, 0) is 0 Å². The van der Waals surface area contributed by atoms with Crippen molar-refractivity contribution in [1.82, 2.24) is 9.97 Å². The van der Waals surface area contributed by atoms with Gasteiger partial charge in [-0.25, -0.2) is 9.97 Å². The van der Waals surface area contributed by atoms with Gasteiger partial charge in [0.05, 0.1) is 15.9 Å². The molecular formula is C52H33N3OS. The molecule has 4 nitrogen and oxygen atoms in total. The number of hydrogen-bond donors (Lipinski definition) is 0. The van der Waals surface area contributed by atoms with Gasteiger partial charge in [-0.1, -0.05) is 146 Å². The van der Waals surface area contributed by atoms with E-state index in [0.717, 1.165) is 71.4 Å². The zero-order valence-corrected chi connectivity index (χ0v) is 31.5. The van der Waals surface area contributed by atoms with Crippen LogP contribution in [0.15, 0.2) is 205 Å². The number of nitrogens with zero attached hydrogens (tertiary/aromatic N) is 3. The molecule has 8 aromatic carbocycles. The van der Waals surface area contributed by atoms with Crippen LogP contribution >= 0.6 is 11.3 Å². The van der Waals surface area contributed by atoms with E-state index in [1.54, 1.807) is 11.3 Å². The van der Waals surface area contributed by atoms with Gasteiger partial charge in [-0.05, 0) is 70.8 Å². The van der Waals surface area contributed by atoms with E-state index in [9.17, 15) is 0 Å². The maximum Gasteiger partial charge on any atom is 0.161 e. The highest BCUT2D eigenvalue weighted by molar-refractivity contribution is 7.26. The molecule has 11 rings (SSSR count). The summed E-state index contributed by atoms with van der Waals surface area (Å²) in [4.78, 5) is 12.9. The Kier molecular flexibility index (Phi) is 7.97. The first-order valence-electron chi connectivity index (χ1n) is 19.1. The Morgan fingerprint density at radius 1 is 0.421 bits per heavy atom. The van der Waals surface area contributed by atoms with Crippen LogP contribution in [0.4, 0.5) is 17.1 Å². The van der Waals surface area contributed by atoms with E-state index < -0.39 is 0 Å². The monoisotopic (exact) mass is 747 g/mol. The number of rotatable bonds is 7. The normalized spacial score (nSPS) is 11.5. The number of furan rings is 1. The number of thiophene rings is 1. The minimum atomic E-state index is 0.681. The van der Waals surface area contributed by atoms with Crippen molar-refractivity contribution in [3.63, 3.8) is 0 Å². The number of fused-ring (bicyclic) bond motifs is 6. The maximum absolute atomic E-state index is 6.71. The van der Waals surface area contributed by atoms with Crippen LogP contribution in [0.25, 0.3) is 87.1 Å². The highest BCUT2D eigenvalue weighted by Crippen LogP contribution is 2.44. The highest BCUT2D eigenvalue weighted by atomic mass is 32.1. The number of hydrogen-bond acceptors (Lipinski definition) is 5. The molecule has 0 aliphatic rings. The Morgan fingerprint density at radius 3 is 1.63 bits per heavy atom. The van der Waals surface area contributed by atoms with Gasteiger partial charge < -0.3 is 9.32 Å². The van der Waals surface area contributed by atoms with Crippen LogP contribution in [0.2, 0.25) is 0 Å². The summed E-state index contributed by atoms with van der Waals surface area (Å²) >= 11 is 1.75. The quantitative estimate of drug-likeness (QED) is 0.163. The van der Waals surface area contributed by atoms with E-state index in [1.165, 1.54) is 27.0 Å². The van der Waals surface area contributed by atoms with Crippen molar-refractivity contribution >= 4 is 70.6 Å². The van der Waals surface area contributed by atoms with Gasteiger partial charge in [-0.15, -0.1) is 11.3 Å². The average molecular weight is 748 g/mol. The highest BCUT2D eigenvalue weighted by Gasteiger charge is 2.21. The van der Waals surface area contributed by atoms with Gasteiger partial charge in [0.2, 0.25) is 0 Å². The standard InChI is InChI=1S/C52H33N3OS/c1-4-13-34(14-5-1)36-23-27-39(28-24-36)55(40-29-25-37(26-30-40)35-15-6-2-7-16-35)41-31-32-42-46(33-41)56-45-21-12-20-44(48(42)45)52-53-49(38-17-8-3-9-18-38)51-50(54-52)43-19-10-11-22-47(43)57-51/h1-33H. The van der Waals surface area contributed by atoms with Crippen LogP contribution < -0.4 is 4.90 Å². The SMILES string of the molecule is c1ccc(-c2ccc(N(c3ccc(-c4ccccc4)cc3)c3ccc4c(c3)oc3cccc(-c5nc(-c6ccccc6)c6sc7ccccc7c6n5)c34)cc2)cc1. The second-order valence-corrected chi connectivity index (χ2v) is 15.2. The third kappa shape index (κ3) is 5.84. The van der Waals surface area contributed by atoms with Crippen molar-refractivity contribution in [2.45, 2.75) is 0 Å². The van der Waals surface area contributed by atoms with Crippen molar-refractivity contribution in [2.24, 2.45) is 0 Å². The summed E-state index contributed by atoms with van der Waals surface area (Å²) in [6.45, 7) is 0. The fourth-order valence-corrected chi connectivity index (χ4v) is 9.11. The number of anilines is 3. The Balaban J connectivity index is 1.06. The molecule has 0 unspecified atom stereocenters. The smallest absolute Gasteiger partial charge is 0.161 e. The molecular weight excluding hydrogens is 715 g/mol. The summed E-state index contributed by atoms with van der Waals surface area (Å²) in [5.41, 5.74) is 13.3. The predicted octanol–water partition coefficient (Wildman–Crippen LogP) is 14.9. The molecule has 3 aromatic heterocycles. The van der Waals surface area contributed by atoms with Gasteiger partial charge >= 0.3 is 0 Å². The molecule has 0 N–H and O–H groups in total. The van der Waals surface area contributed by atoms with Crippen LogP contribution in [0.3, 0.4) is 0 Å².